The highest BCUT2D eigenvalue weighted by Crippen LogP contribution is 2.25. The zero-order valence-electron chi connectivity index (χ0n) is 13.3. The number of hydrogen-bond acceptors (Lipinski definition) is 3. The lowest BCUT2D eigenvalue weighted by atomic mass is 9.77. The second-order valence-electron chi connectivity index (χ2n) is 5.59. The summed E-state index contributed by atoms with van der Waals surface area (Å²) in [6.07, 6.45) is 0. The van der Waals surface area contributed by atoms with E-state index in [1.54, 1.807) is 38.1 Å². The quantitative estimate of drug-likeness (QED) is 0.636. The van der Waals surface area contributed by atoms with Crippen LogP contribution in [0.2, 0.25) is 0 Å². The Kier molecular flexibility index (Phi) is 5.06. The molecule has 1 unspecified atom stereocenters. The van der Waals surface area contributed by atoms with Crippen molar-refractivity contribution in [2.75, 3.05) is 6.54 Å². The predicted molar refractivity (Wildman–Crippen MR) is 91.0 cm³/mol. The summed E-state index contributed by atoms with van der Waals surface area (Å²) in [6, 6.07) is 18.0. The van der Waals surface area contributed by atoms with Gasteiger partial charge in [-0.05, 0) is 19.4 Å². The molecule has 0 spiro atoms. The Hall–Kier alpha value is -2.75. The van der Waals surface area contributed by atoms with E-state index >= 15 is 0 Å². The summed E-state index contributed by atoms with van der Waals surface area (Å²) in [5.41, 5.74) is 0.435. The van der Waals surface area contributed by atoms with Crippen molar-refractivity contribution in [1.29, 1.82) is 5.41 Å². The molecule has 0 fully saturated rings. The fourth-order valence-electron chi connectivity index (χ4n) is 2.35. The average molecular weight is 308 g/mol. The van der Waals surface area contributed by atoms with Gasteiger partial charge in [0.05, 0.1) is 6.54 Å². The van der Waals surface area contributed by atoms with Gasteiger partial charge in [-0.25, -0.2) is 0 Å². The van der Waals surface area contributed by atoms with Gasteiger partial charge in [-0.2, -0.15) is 0 Å². The van der Waals surface area contributed by atoms with Gasteiger partial charge in [-0.15, -0.1) is 0 Å². The highest BCUT2D eigenvalue weighted by molar-refractivity contribution is 6.12. The smallest absolute Gasteiger partial charge is 0.236 e. The van der Waals surface area contributed by atoms with Gasteiger partial charge in [0, 0.05) is 11.3 Å². The van der Waals surface area contributed by atoms with Gasteiger partial charge in [0.15, 0.2) is 5.78 Å². The number of ketones is 1. The molecule has 4 nitrogen and oxygen atoms in total. The summed E-state index contributed by atoms with van der Waals surface area (Å²) < 4.78 is 0. The topological polar surface area (TPSA) is 70.0 Å². The van der Waals surface area contributed by atoms with E-state index in [1.165, 1.54) is 0 Å². The molecular formula is C19H20N2O2. The number of rotatable bonds is 6. The monoisotopic (exact) mass is 308 g/mol. The minimum atomic E-state index is -1.09. The Morgan fingerprint density at radius 3 is 2.04 bits per heavy atom. The van der Waals surface area contributed by atoms with Gasteiger partial charge >= 0.3 is 0 Å². The van der Waals surface area contributed by atoms with Crippen molar-refractivity contribution in [3.63, 3.8) is 0 Å². The third-order valence-electron chi connectivity index (χ3n) is 4.06. The number of Topliss-reactive ketones (excluding diaryl/α,β-unsaturated/α-hetero) is 1. The molecule has 23 heavy (non-hydrogen) atoms. The molecule has 0 aliphatic heterocycles. The molecule has 2 aromatic carbocycles. The SMILES string of the molecule is CC(=N)C(C)(C(=O)NCC(=O)c1ccccc1)c1ccccc1. The standard InChI is InChI=1S/C19H20N2O2/c1-14(20)19(2,16-11-7-4-8-12-16)18(23)21-13-17(22)15-9-5-3-6-10-15/h3-12,20H,13H2,1-2H3,(H,21,23). The Balaban J connectivity index is 2.14. The lowest BCUT2D eigenvalue weighted by Crippen LogP contribution is -2.48. The van der Waals surface area contributed by atoms with Gasteiger partial charge in [0.1, 0.15) is 5.41 Å². The zero-order chi connectivity index (χ0) is 16.9. The number of amides is 1. The van der Waals surface area contributed by atoms with Crippen LogP contribution in [0.25, 0.3) is 0 Å². The van der Waals surface area contributed by atoms with Gasteiger partial charge in [-0.1, -0.05) is 60.7 Å². The molecule has 1 atom stereocenters. The molecule has 0 aliphatic rings. The molecule has 0 saturated carbocycles. The van der Waals surface area contributed by atoms with E-state index in [2.05, 4.69) is 5.32 Å². The summed E-state index contributed by atoms with van der Waals surface area (Å²) >= 11 is 0. The third-order valence-corrected chi connectivity index (χ3v) is 4.06. The van der Waals surface area contributed by atoms with Gasteiger partial charge in [0.25, 0.3) is 0 Å². The molecule has 0 radical (unpaired) electrons. The van der Waals surface area contributed by atoms with E-state index < -0.39 is 5.41 Å². The highest BCUT2D eigenvalue weighted by Gasteiger charge is 2.37. The maximum absolute atomic E-state index is 12.6. The van der Waals surface area contributed by atoms with E-state index in [1.807, 2.05) is 36.4 Å². The Morgan fingerprint density at radius 2 is 1.52 bits per heavy atom. The third kappa shape index (κ3) is 3.54. The van der Waals surface area contributed by atoms with Gasteiger partial charge in [0.2, 0.25) is 5.91 Å². The first kappa shape index (κ1) is 16.6. The first-order valence-electron chi connectivity index (χ1n) is 7.44. The van der Waals surface area contributed by atoms with Crippen LogP contribution in [0, 0.1) is 5.41 Å². The zero-order valence-corrected chi connectivity index (χ0v) is 13.3. The molecule has 1 amide bonds. The molecule has 0 aliphatic carbocycles. The summed E-state index contributed by atoms with van der Waals surface area (Å²) in [6.45, 7) is 3.22. The lowest BCUT2D eigenvalue weighted by molar-refractivity contribution is -0.123. The second kappa shape index (κ2) is 7.01. The van der Waals surface area contributed by atoms with Crippen LogP contribution in [0.5, 0.6) is 0 Å². The minimum absolute atomic E-state index is 0.0848. The van der Waals surface area contributed by atoms with Gasteiger partial charge < -0.3 is 10.7 Å². The number of nitrogens with one attached hydrogen (secondary N) is 2. The highest BCUT2D eigenvalue weighted by atomic mass is 16.2. The first-order chi connectivity index (χ1) is 11.0. The van der Waals surface area contributed by atoms with Crippen LogP contribution in [-0.2, 0) is 10.2 Å². The Labute approximate surface area is 136 Å². The Bertz CT molecular complexity index is 711. The average Bonchev–Trinajstić information content (AvgIpc) is 2.59. The number of hydrogen-bond donors (Lipinski definition) is 2. The maximum atomic E-state index is 12.6. The molecule has 2 rings (SSSR count). The minimum Gasteiger partial charge on any atom is -0.348 e. The van der Waals surface area contributed by atoms with Crippen molar-refractivity contribution in [1.82, 2.24) is 5.32 Å². The maximum Gasteiger partial charge on any atom is 0.236 e. The normalized spacial score (nSPS) is 13.0. The van der Waals surface area contributed by atoms with Crippen LogP contribution in [-0.4, -0.2) is 23.9 Å². The summed E-state index contributed by atoms with van der Waals surface area (Å²) in [5.74, 6) is -0.502. The summed E-state index contributed by atoms with van der Waals surface area (Å²) in [4.78, 5) is 24.8. The van der Waals surface area contributed by atoms with Crippen molar-refractivity contribution >= 4 is 17.4 Å². The fourth-order valence-corrected chi connectivity index (χ4v) is 2.35. The molecule has 0 saturated heterocycles. The molecular weight excluding hydrogens is 288 g/mol. The first-order valence-corrected chi connectivity index (χ1v) is 7.44. The van der Waals surface area contributed by atoms with E-state index in [4.69, 9.17) is 5.41 Å². The van der Waals surface area contributed by atoms with Crippen molar-refractivity contribution < 1.29 is 9.59 Å². The number of benzene rings is 2. The van der Waals surface area contributed by atoms with Crippen molar-refractivity contribution in [2.45, 2.75) is 19.3 Å². The number of carbonyl (C=O) groups excluding carboxylic acids is 2. The summed E-state index contributed by atoms with van der Waals surface area (Å²) in [7, 11) is 0. The summed E-state index contributed by atoms with van der Waals surface area (Å²) in [5, 5.41) is 10.7. The fraction of sp³-hybridized carbons (Fsp3) is 0.211. The van der Waals surface area contributed by atoms with Crippen molar-refractivity contribution in [3.05, 3.63) is 71.8 Å². The van der Waals surface area contributed by atoms with E-state index in [0.29, 0.717) is 5.56 Å². The molecule has 2 aromatic rings. The molecule has 118 valence electrons. The molecule has 4 heteroatoms. The predicted octanol–water partition coefficient (Wildman–Crippen LogP) is 2.98. The van der Waals surface area contributed by atoms with E-state index in [9.17, 15) is 9.59 Å². The van der Waals surface area contributed by atoms with Crippen molar-refractivity contribution in [3.8, 4) is 0 Å². The van der Waals surface area contributed by atoms with Crippen LogP contribution in [0.3, 0.4) is 0 Å². The Morgan fingerprint density at radius 1 is 1.00 bits per heavy atom. The van der Waals surface area contributed by atoms with Crippen LogP contribution in [0.15, 0.2) is 60.7 Å². The molecule has 0 aromatic heterocycles. The molecule has 2 N–H and O–H groups in total. The van der Waals surface area contributed by atoms with E-state index in [-0.39, 0.29) is 23.9 Å². The van der Waals surface area contributed by atoms with Gasteiger partial charge in [-0.3, -0.25) is 9.59 Å². The number of carbonyl (C=O) groups is 2. The van der Waals surface area contributed by atoms with Crippen LogP contribution in [0.1, 0.15) is 29.8 Å². The second-order valence-corrected chi connectivity index (χ2v) is 5.59. The molecule has 0 bridgehead atoms. The largest absolute Gasteiger partial charge is 0.348 e. The lowest BCUT2D eigenvalue weighted by Gasteiger charge is -2.28. The van der Waals surface area contributed by atoms with Crippen LogP contribution < -0.4 is 5.32 Å². The van der Waals surface area contributed by atoms with E-state index in [0.717, 1.165) is 5.56 Å². The van der Waals surface area contributed by atoms with Crippen LogP contribution in [0.4, 0.5) is 0 Å². The van der Waals surface area contributed by atoms with Crippen LogP contribution >= 0.6 is 0 Å². The van der Waals surface area contributed by atoms with Crippen molar-refractivity contribution in [2.24, 2.45) is 0 Å². The molecule has 0 heterocycles.